The van der Waals surface area contributed by atoms with E-state index in [0.29, 0.717) is 5.92 Å². The lowest BCUT2D eigenvalue weighted by Crippen LogP contribution is -2.05. The van der Waals surface area contributed by atoms with Crippen LogP contribution in [0.4, 0.5) is 5.82 Å². The number of hydrogen-bond donors (Lipinski definition) is 1. The van der Waals surface area contributed by atoms with Crippen LogP contribution in [0.25, 0.3) is 0 Å². The lowest BCUT2D eigenvalue weighted by Gasteiger charge is -2.07. The van der Waals surface area contributed by atoms with Gasteiger partial charge >= 0.3 is 0 Å². The number of nitrogens with zero attached hydrogens (tertiary/aromatic N) is 2. The quantitative estimate of drug-likeness (QED) is 0.802. The van der Waals surface area contributed by atoms with E-state index in [2.05, 4.69) is 30.3 Å². The third kappa shape index (κ3) is 2.08. The SMILES string of the molecule is CCCCn1c(C)nc(C(C)C)c1N. The highest BCUT2D eigenvalue weighted by molar-refractivity contribution is 5.39. The van der Waals surface area contributed by atoms with Crippen LogP contribution in [0.5, 0.6) is 0 Å². The number of unbranched alkanes of at least 4 members (excludes halogenated alkanes) is 1. The van der Waals surface area contributed by atoms with Gasteiger partial charge in [0, 0.05) is 6.54 Å². The number of anilines is 1. The molecular formula is C11H21N3. The first-order chi connectivity index (χ1) is 6.57. The molecule has 0 atom stereocenters. The van der Waals surface area contributed by atoms with Crippen molar-refractivity contribution in [2.45, 2.75) is 53.0 Å². The van der Waals surface area contributed by atoms with Gasteiger partial charge in [0.2, 0.25) is 0 Å². The van der Waals surface area contributed by atoms with E-state index in [9.17, 15) is 0 Å². The molecule has 3 nitrogen and oxygen atoms in total. The number of nitrogens with two attached hydrogens (primary N) is 1. The summed E-state index contributed by atoms with van der Waals surface area (Å²) in [5.41, 5.74) is 7.09. The number of rotatable bonds is 4. The van der Waals surface area contributed by atoms with E-state index in [1.165, 1.54) is 12.8 Å². The Labute approximate surface area is 86.3 Å². The molecule has 0 unspecified atom stereocenters. The van der Waals surface area contributed by atoms with Crippen LogP contribution in [-0.4, -0.2) is 9.55 Å². The largest absolute Gasteiger partial charge is 0.384 e. The predicted octanol–water partition coefficient (Wildman–Crippen LogP) is 2.70. The molecule has 1 heterocycles. The van der Waals surface area contributed by atoms with Crippen molar-refractivity contribution in [2.24, 2.45) is 0 Å². The van der Waals surface area contributed by atoms with Crippen LogP contribution >= 0.6 is 0 Å². The Bertz CT molecular complexity index is 300. The minimum Gasteiger partial charge on any atom is -0.384 e. The lowest BCUT2D eigenvalue weighted by molar-refractivity contribution is 0.622. The van der Waals surface area contributed by atoms with Crippen LogP contribution in [0.3, 0.4) is 0 Å². The summed E-state index contributed by atoms with van der Waals surface area (Å²) in [5.74, 6) is 2.31. The summed E-state index contributed by atoms with van der Waals surface area (Å²) < 4.78 is 2.12. The van der Waals surface area contributed by atoms with E-state index < -0.39 is 0 Å². The van der Waals surface area contributed by atoms with Gasteiger partial charge in [0.25, 0.3) is 0 Å². The zero-order chi connectivity index (χ0) is 10.7. The third-order valence-corrected chi connectivity index (χ3v) is 2.51. The van der Waals surface area contributed by atoms with Crippen molar-refractivity contribution < 1.29 is 0 Å². The molecule has 0 saturated carbocycles. The summed E-state index contributed by atoms with van der Waals surface area (Å²) >= 11 is 0. The first kappa shape index (κ1) is 11.1. The molecule has 0 saturated heterocycles. The third-order valence-electron chi connectivity index (χ3n) is 2.51. The first-order valence-corrected chi connectivity index (χ1v) is 5.40. The number of aromatic nitrogens is 2. The summed E-state index contributed by atoms with van der Waals surface area (Å²) in [4.78, 5) is 4.50. The van der Waals surface area contributed by atoms with Crippen molar-refractivity contribution in [3.05, 3.63) is 11.5 Å². The van der Waals surface area contributed by atoms with Crippen LogP contribution in [0.2, 0.25) is 0 Å². The normalized spacial score (nSPS) is 11.2. The minimum atomic E-state index is 0.413. The van der Waals surface area contributed by atoms with Gasteiger partial charge in [-0.05, 0) is 19.3 Å². The molecule has 1 aromatic heterocycles. The molecule has 80 valence electrons. The number of aryl methyl sites for hydroxylation is 1. The van der Waals surface area contributed by atoms with Gasteiger partial charge in [0.15, 0.2) is 0 Å². The number of hydrogen-bond acceptors (Lipinski definition) is 2. The van der Waals surface area contributed by atoms with Gasteiger partial charge in [-0.2, -0.15) is 0 Å². The van der Waals surface area contributed by atoms with Crippen molar-refractivity contribution >= 4 is 5.82 Å². The summed E-state index contributed by atoms with van der Waals surface area (Å²) in [6.45, 7) is 9.46. The molecule has 0 spiro atoms. The molecule has 0 aliphatic heterocycles. The molecule has 0 aliphatic rings. The Kier molecular flexibility index (Phi) is 3.55. The fourth-order valence-electron chi connectivity index (χ4n) is 1.63. The lowest BCUT2D eigenvalue weighted by atomic mass is 10.1. The summed E-state index contributed by atoms with van der Waals surface area (Å²) in [5, 5.41) is 0. The van der Waals surface area contributed by atoms with Crippen molar-refractivity contribution in [2.75, 3.05) is 5.73 Å². The smallest absolute Gasteiger partial charge is 0.127 e. The van der Waals surface area contributed by atoms with Gasteiger partial charge < -0.3 is 10.3 Å². The Balaban J connectivity index is 2.93. The molecule has 0 bridgehead atoms. The highest BCUT2D eigenvalue weighted by Crippen LogP contribution is 2.22. The average Bonchev–Trinajstić information content (AvgIpc) is 2.40. The molecule has 0 fully saturated rings. The van der Waals surface area contributed by atoms with Gasteiger partial charge in [-0.25, -0.2) is 4.98 Å². The van der Waals surface area contributed by atoms with Gasteiger partial charge in [-0.1, -0.05) is 27.2 Å². The summed E-state index contributed by atoms with van der Waals surface area (Å²) in [6.07, 6.45) is 2.35. The topological polar surface area (TPSA) is 43.8 Å². The van der Waals surface area contributed by atoms with E-state index in [0.717, 1.165) is 23.9 Å². The summed E-state index contributed by atoms with van der Waals surface area (Å²) in [7, 11) is 0. The standard InChI is InChI=1S/C11H21N3/c1-5-6-7-14-9(4)13-10(8(2)3)11(14)12/h8H,5-7,12H2,1-4H3. The van der Waals surface area contributed by atoms with Crippen molar-refractivity contribution in [3.8, 4) is 0 Å². The zero-order valence-corrected chi connectivity index (χ0v) is 9.67. The molecule has 1 aromatic rings. The van der Waals surface area contributed by atoms with Gasteiger partial charge in [0.1, 0.15) is 11.6 Å². The molecule has 0 aliphatic carbocycles. The Morgan fingerprint density at radius 2 is 2.07 bits per heavy atom. The maximum absolute atomic E-state index is 6.05. The second-order valence-corrected chi connectivity index (χ2v) is 4.09. The predicted molar refractivity (Wildman–Crippen MR) is 60.4 cm³/mol. The highest BCUT2D eigenvalue weighted by Gasteiger charge is 2.13. The minimum absolute atomic E-state index is 0.413. The average molecular weight is 195 g/mol. The molecule has 0 radical (unpaired) electrons. The molecule has 1 rings (SSSR count). The van der Waals surface area contributed by atoms with Crippen molar-refractivity contribution in [1.82, 2.24) is 9.55 Å². The highest BCUT2D eigenvalue weighted by atomic mass is 15.1. The van der Waals surface area contributed by atoms with Crippen LogP contribution < -0.4 is 5.73 Å². The molecule has 2 N–H and O–H groups in total. The van der Waals surface area contributed by atoms with Crippen LogP contribution in [0.15, 0.2) is 0 Å². The molecule has 14 heavy (non-hydrogen) atoms. The van der Waals surface area contributed by atoms with Crippen LogP contribution in [0, 0.1) is 6.92 Å². The second kappa shape index (κ2) is 4.49. The molecule has 3 heteroatoms. The van der Waals surface area contributed by atoms with Crippen molar-refractivity contribution in [3.63, 3.8) is 0 Å². The Hall–Kier alpha value is -0.990. The van der Waals surface area contributed by atoms with Gasteiger partial charge in [-0.15, -0.1) is 0 Å². The monoisotopic (exact) mass is 195 g/mol. The van der Waals surface area contributed by atoms with Gasteiger partial charge in [-0.3, -0.25) is 0 Å². The van der Waals surface area contributed by atoms with E-state index in [-0.39, 0.29) is 0 Å². The second-order valence-electron chi connectivity index (χ2n) is 4.09. The van der Waals surface area contributed by atoms with E-state index in [4.69, 9.17) is 5.73 Å². The van der Waals surface area contributed by atoms with Crippen LogP contribution in [-0.2, 0) is 6.54 Å². The maximum Gasteiger partial charge on any atom is 0.127 e. The summed E-state index contributed by atoms with van der Waals surface area (Å²) in [6, 6.07) is 0. The fourth-order valence-corrected chi connectivity index (χ4v) is 1.63. The Morgan fingerprint density at radius 1 is 1.43 bits per heavy atom. The Morgan fingerprint density at radius 3 is 2.50 bits per heavy atom. The van der Waals surface area contributed by atoms with Crippen LogP contribution in [0.1, 0.15) is 51.0 Å². The van der Waals surface area contributed by atoms with Crippen molar-refractivity contribution in [1.29, 1.82) is 0 Å². The fraction of sp³-hybridized carbons (Fsp3) is 0.727. The molecule has 0 amide bonds. The molecule has 0 aromatic carbocycles. The zero-order valence-electron chi connectivity index (χ0n) is 9.67. The van der Waals surface area contributed by atoms with E-state index in [1.807, 2.05) is 6.92 Å². The first-order valence-electron chi connectivity index (χ1n) is 5.40. The van der Waals surface area contributed by atoms with E-state index in [1.54, 1.807) is 0 Å². The molecular weight excluding hydrogens is 174 g/mol. The number of nitrogen functional groups attached to an aromatic ring is 1. The maximum atomic E-state index is 6.05. The number of imidazole rings is 1. The van der Waals surface area contributed by atoms with E-state index >= 15 is 0 Å². The van der Waals surface area contributed by atoms with Gasteiger partial charge in [0.05, 0.1) is 5.69 Å².